The van der Waals surface area contributed by atoms with E-state index in [4.69, 9.17) is 9.84 Å². The van der Waals surface area contributed by atoms with Crippen LogP contribution in [0.25, 0.3) is 0 Å². The molecule has 0 unspecified atom stereocenters. The predicted octanol–water partition coefficient (Wildman–Crippen LogP) is 3.69. The highest BCUT2D eigenvalue weighted by Gasteiger charge is 2.20. The Balaban J connectivity index is 1.57. The fourth-order valence-electron chi connectivity index (χ4n) is 3.04. The van der Waals surface area contributed by atoms with Gasteiger partial charge in [-0.3, -0.25) is 4.79 Å². The van der Waals surface area contributed by atoms with Gasteiger partial charge in [0, 0.05) is 19.2 Å². The minimum atomic E-state index is -1.01. The molecule has 0 saturated heterocycles. The Hall–Kier alpha value is -2.82. The summed E-state index contributed by atoms with van der Waals surface area (Å²) in [4.78, 5) is 24.8. The molecule has 136 valence electrons. The molecule has 1 saturated carbocycles. The van der Waals surface area contributed by atoms with E-state index in [1.165, 1.54) is 24.8 Å². The van der Waals surface area contributed by atoms with Gasteiger partial charge in [0.05, 0.1) is 0 Å². The van der Waals surface area contributed by atoms with Gasteiger partial charge in [0.2, 0.25) is 0 Å². The van der Waals surface area contributed by atoms with Crippen molar-refractivity contribution >= 4 is 11.9 Å². The normalized spacial score (nSPS) is 13.7. The third-order valence-corrected chi connectivity index (χ3v) is 4.79. The van der Waals surface area contributed by atoms with Gasteiger partial charge in [-0.2, -0.15) is 0 Å². The Morgan fingerprint density at radius 2 is 1.73 bits per heavy atom. The monoisotopic (exact) mass is 353 g/mol. The summed E-state index contributed by atoms with van der Waals surface area (Å²) in [7, 11) is 1.77. The van der Waals surface area contributed by atoms with Crippen LogP contribution in [-0.4, -0.2) is 35.5 Å². The van der Waals surface area contributed by atoms with Gasteiger partial charge in [0.25, 0.3) is 5.91 Å². The number of carbonyl (C=O) groups is 2. The molecule has 2 aromatic rings. The lowest BCUT2D eigenvalue weighted by atomic mass is 9.80. The van der Waals surface area contributed by atoms with Crippen LogP contribution in [0.4, 0.5) is 0 Å². The summed E-state index contributed by atoms with van der Waals surface area (Å²) in [6, 6.07) is 15.1. The van der Waals surface area contributed by atoms with Crippen molar-refractivity contribution in [3.8, 4) is 5.75 Å². The zero-order valence-electron chi connectivity index (χ0n) is 14.9. The van der Waals surface area contributed by atoms with Gasteiger partial charge in [0.1, 0.15) is 5.75 Å². The van der Waals surface area contributed by atoms with Crippen LogP contribution in [0.5, 0.6) is 5.75 Å². The topological polar surface area (TPSA) is 66.8 Å². The van der Waals surface area contributed by atoms with Crippen LogP contribution in [0.2, 0.25) is 0 Å². The number of rotatable bonds is 7. The maximum atomic E-state index is 12.6. The molecule has 5 nitrogen and oxygen atoms in total. The molecule has 0 heterocycles. The summed E-state index contributed by atoms with van der Waals surface area (Å²) in [5.74, 6) is 0.134. The third-order valence-electron chi connectivity index (χ3n) is 4.79. The maximum Gasteiger partial charge on any atom is 0.341 e. The molecule has 0 radical (unpaired) electrons. The van der Waals surface area contributed by atoms with Gasteiger partial charge in [0.15, 0.2) is 6.61 Å². The summed E-state index contributed by atoms with van der Waals surface area (Å²) < 4.78 is 5.11. The number of carboxylic acids is 1. The smallest absolute Gasteiger partial charge is 0.341 e. The van der Waals surface area contributed by atoms with Crippen LogP contribution in [0.3, 0.4) is 0 Å². The van der Waals surface area contributed by atoms with Crippen LogP contribution in [-0.2, 0) is 11.3 Å². The van der Waals surface area contributed by atoms with E-state index in [9.17, 15) is 9.59 Å². The fourth-order valence-corrected chi connectivity index (χ4v) is 3.04. The predicted molar refractivity (Wildman–Crippen MR) is 98.4 cm³/mol. The zero-order chi connectivity index (χ0) is 18.5. The number of ether oxygens (including phenoxy) is 1. The Kier molecular flexibility index (Phi) is 5.56. The second-order valence-electron chi connectivity index (χ2n) is 6.74. The number of hydrogen-bond acceptors (Lipinski definition) is 3. The molecule has 0 atom stereocenters. The second-order valence-corrected chi connectivity index (χ2v) is 6.74. The number of carboxylic acid groups (broad SMARTS) is 1. The van der Waals surface area contributed by atoms with E-state index in [-0.39, 0.29) is 12.5 Å². The van der Waals surface area contributed by atoms with Crippen LogP contribution in [0.1, 0.15) is 46.7 Å². The van der Waals surface area contributed by atoms with Gasteiger partial charge in [-0.05, 0) is 54.2 Å². The van der Waals surface area contributed by atoms with E-state index >= 15 is 0 Å². The molecular weight excluding hydrogens is 330 g/mol. The maximum absolute atomic E-state index is 12.6. The molecule has 0 spiro atoms. The van der Waals surface area contributed by atoms with Crippen molar-refractivity contribution in [1.29, 1.82) is 0 Å². The number of carbonyl (C=O) groups excluding carboxylic acids is 1. The first-order chi connectivity index (χ1) is 12.5. The Morgan fingerprint density at radius 3 is 2.27 bits per heavy atom. The van der Waals surface area contributed by atoms with Gasteiger partial charge >= 0.3 is 5.97 Å². The van der Waals surface area contributed by atoms with Crippen molar-refractivity contribution in [3.05, 3.63) is 65.2 Å². The molecule has 1 amide bonds. The van der Waals surface area contributed by atoms with Crippen LogP contribution in [0, 0.1) is 0 Å². The lowest BCUT2D eigenvalue weighted by Crippen LogP contribution is -2.26. The average molecular weight is 353 g/mol. The van der Waals surface area contributed by atoms with Crippen molar-refractivity contribution in [2.75, 3.05) is 13.7 Å². The lowest BCUT2D eigenvalue weighted by Gasteiger charge is -2.26. The number of benzene rings is 2. The van der Waals surface area contributed by atoms with Crippen molar-refractivity contribution in [2.45, 2.75) is 31.7 Å². The van der Waals surface area contributed by atoms with Gasteiger partial charge < -0.3 is 14.7 Å². The SMILES string of the molecule is CN(Cc1ccc(OCC(=O)O)cc1)C(=O)c1ccc(C2CCC2)cc1. The molecule has 0 aromatic heterocycles. The number of aliphatic carboxylic acids is 1. The molecule has 1 aliphatic carbocycles. The van der Waals surface area contributed by atoms with Crippen molar-refractivity contribution in [3.63, 3.8) is 0 Å². The summed E-state index contributed by atoms with van der Waals surface area (Å²) >= 11 is 0. The van der Waals surface area contributed by atoms with E-state index in [1.54, 1.807) is 24.1 Å². The quantitative estimate of drug-likeness (QED) is 0.824. The third kappa shape index (κ3) is 4.42. The van der Waals surface area contributed by atoms with Crippen molar-refractivity contribution in [1.82, 2.24) is 4.90 Å². The molecule has 3 rings (SSSR count). The summed E-state index contributed by atoms with van der Waals surface area (Å²) in [5.41, 5.74) is 2.97. The minimum Gasteiger partial charge on any atom is -0.482 e. The molecule has 1 aliphatic rings. The first-order valence-electron chi connectivity index (χ1n) is 8.82. The highest BCUT2D eigenvalue weighted by atomic mass is 16.5. The standard InChI is InChI=1S/C21H23NO4/c1-22(13-15-5-11-19(12-6-15)26-14-20(23)24)21(25)18-9-7-17(8-10-18)16-3-2-4-16/h5-12,16H,2-4,13-14H2,1H3,(H,23,24). The molecule has 0 bridgehead atoms. The highest BCUT2D eigenvalue weighted by molar-refractivity contribution is 5.94. The Labute approximate surface area is 153 Å². The lowest BCUT2D eigenvalue weighted by molar-refractivity contribution is -0.139. The highest BCUT2D eigenvalue weighted by Crippen LogP contribution is 2.36. The van der Waals surface area contributed by atoms with E-state index in [0.717, 1.165) is 5.56 Å². The summed E-state index contributed by atoms with van der Waals surface area (Å²) in [6.07, 6.45) is 3.80. The van der Waals surface area contributed by atoms with Crippen LogP contribution < -0.4 is 4.74 Å². The minimum absolute atomic E-state index is 0.0173. The van der Waals surface area contributed by atoms with E-state index < -0.39 is 5.97 Å². The summed E-state index contributed by atoms with van der Waals surface area (Å²) in [5, 5.41) is 8.61. The average Bonchev–Trinajstić information content (AvgIpc) is 2.59. The second kappa shape index (κ2) is 8.04. The van der Waals surface area contributed by atoms with Crippen molar-refractivity contribution in [2.24, 2.45) is 0 Å². The van der Waals surface area contributed by atoms with Gasteiger partial charge in [-0.1, -0.05) is 30.7 Å². The number of nitrogens with zero attached hydrogens (tertiary/aromatic N) is 1. The van der Waals surface area contributed by atoms with E-state index in [0.29, 0.717) is 23.8 Å². The van der Waals surface area contributed by atoms with Crippen molar-refractivity contribution < 1.29 is 19.4 Å². The Bertz CT molecular complexity index is 764. The first kappa shape index (κ1) is 18.0. The van der Waals surface area contributed by atoms with Gasteiger partial charge in [-0.25, -0.2) is 4.79 Å². The van der Waals surface area contributed by atoms with Crippen LogP contribution >= 0.6 is 0 Å². The van der Waals surface area contributed by atoms with E-state index in [1.807, 2.05) is 24.3 Å². The molecule has 0 aliphatic heterocycles. The molecule has 2 aromatic carbocycles. The van der Waals surface area contributed by atoms with E-state index in [2.05, 4.69) is 12.1 Å². The number of amides is 1. The molecule has 1 fully saturated rings. The molecule has 5 heteroatoms. The largest absolute Gasteiger partial charge is 0.482 e. The Morgan fingerprint density at radius 1 is 1.08 bits per heavy atom. The molecule has 1 N–H and O–H groups in total. The summed E-state index contributed by atoms with van der Waals surface area (Å²) in [6.45, 7) is 0.108. The zero-order valence-corrected chi connectivity index (χ0v) is 14.9. The molecule has 26 heavy (non-hydrogen) atoms. The molecular formula is C21H23NO4. The number of hydrogen-bond donors (Lipinski definition) is 1. The first-order valence-corrected chi connectivity index (χ1v) is 8.82. The van der Waals surface area contributed by atoms with Gasteiger partial charge in [-0.15, -0.1) is 0 Å². The van der Waals surface area contributed by atoms with Crippen LogP contribution in [0.15, 0.2) is 48.5 Å². The fraction of sp³-hybridized carbons (Fsp3) is 0.333.